The molecule has 0 atom stereocenters. The van der Waals surface area contributed by atoms with E-state index in [0.29, 0.717) is 0 Å². The topological polar surface area (TPSA) is 38.0 Å². The number of unbranched alkanes of at least 4 members (excludes halogenated alkanes) is 8. The summed E-state index contributed by atoms with van der Waals surface area (Å²) in [4.78, 5) is 0. The summed E-state index contributed by atoms with van der Waals surface area (Å²) in [6.45, 7) is 5.53. The molecule has 0 aromatic rings. The minimum Gasteiger partial charge on any atom is -0.330 e. The summed E-state index contributed by atoms with van der Waals surface area (Å²) < 4.78 is 0. The van der Waals surface area contributed by atoms with E-state index < -0.39 is 0 Å². The van der Waals surface area contributed by atoms with Gasteiger partial charge in [-0.1, -0.05) is 51.9 Å². The maximum Gasteiger partial charge on any atom is -0.00489 e. The fourth-order valence-corrected chi connectivity index (χ4v) is 1.90. The van der Waals surface area contributed by atoms with Crippen molar-refractivity contribution in [3.63, 3.8) is 0 Å². The summed E-state index contributed by atoms with van der Waals surface area (Å²) in [5.41, 5.74) is 5.44. The van der Waals surface area contributed by atoms with Gasteiger partial charge in [-0.05, 0) is 38.9 Å². The third kappa shape index (κ3) is 13.9. The Bertz CT molecular complexity index is 101. The highest BCUT2D eigenvalue weighted by Crippen LogP contribution is 2.04. The van der Waals surface area contributed by atoms with Gasteiger partial charge in [-0.3, -0.25) is 0 Å². The molecule has 0 fully saturated rings. The SMILES string of the molecule is CCCCCCCCNCCCCCCN. The zero-order valence-corrected chi connectivity index (χ0v) is 11.3. The monoisotopic (exact) mass is 228 g/mol. The predicted octanol–water partition coefficient (Wildman–Crippen LogP) is 3.46. The zero-order chi connectivity index (χ0) is 11.9. The van der Waals surface area contributed by atoms with Gasteiger partial charge in [-0.15, -0.1) is 0 Å². The number of nitrogens with one attached hydrogen (secondary N) is 1. The van der Waals surface area contributed by atoms with Crippen molar-refractivity contribution in [2.24, 2.45) is 5.73 Å². The maximum atomic E-state index is 5.44. The van der Waals surface area contributed by atoms with Gasteiger partial charge in [0.25, 0.3) is 0 Å². The molecule has 98 valence electrons. The van der Waals surface area contributed by atoms with Crippen molar-refractivity contribution in [1.29, 1.82) is 0 Å². The van der Waals surface area contributed by atoms with E-state index in [1.165, 1.54) is 77.3 Å². The molecule has 0 rings (SSSR count). The molecular formula is C14H32N2. The maximum absolute atomic E-state index is 5.44. The Hall–Kier alpha value is -0.0800. The summed E-state index contributed by atoms with van der Waals surface area (Å²) in [6, 6.07) is 0. The van der Waals surface area contributed by atoms with Crippen LogP contribution in [0.15, 0.2) is 0 Å². The van der Waals surface area contributed by atoms with Gasteiger partial charge in [-0.25, -0.2) is 0 Å². The van der Waals surface area contributed by atoms with Gasteiger partial charge in [0.2, 0.25) is 0 Å². The first-order valence-electron chi connectivity index (χ1n) is 7.32. The average molecular weight is 228 g/mol. The highest BCUT2D eigenvalue weighted by molar-refractivity contribution is 4.51. The Balaban J connectivity index is 2.83. The van der Waals surface area contributed by atoms with Crippen molar-refractivity contribution < 1.29 is 0 Å². The van der Waals surface area contributed by atoms with Gasteiger partial charge in [0.05, 0.1) is 0 Å². The minimum absolute atomic E-state index is 0.852. The van der Waals surface area contributed by atoms with Crippen LogP contribution in [-0.2, 0) is 0 Å². The average Bonchev–Trinajstić information content (AvgIpc) is 2.31. The van der Waals surface area contributed by atoms with Crippen LogP contribution >= 0.6 is 0 Å². The lowest BCUT2D eigenvalue weighted by Crippen LogP contribution is -2.16. The molecule has 16 heavy (non-hydrogen) atoms. The van der Waals surface area contributed by atoms with Crippen molar-refractivity contribution in [1.82, 2.24) is 5.32 Å². The zero-order valence-electron chi connectivity index (χ0n) is 11.3. The first-order valence-corrected chi connectivity index (χ1v) is 7.32. The number of hydrogen-bond donors (Lipinski definition) is 2. The summed E-state index contributed by atoms with van der Waals surface area (Å²) in [5, 5.41) is 3.52. The largest absolute Gasteiger partial charge is 0.330 e. The molecule has 0 heterocycles. The smallest absolute Gasteiger partial charge is 0.00489 e. The van der Waals surface area contributed by atoms with E-state index in [9.17, 15) is 0 Å². The van der Waals surface area contributed by atoms with Gasteiger partial charge >= 0.3 is 0 Å². The Morgan fingerprint density at radius 3 is 1.75 bits per heavy atom. The second-order valence-electron chi connectivity index (χ2n) is 4.72. The minimum atomic E-state index is 0.852. The lowest BCUT2D eigenvalue weighted by atomic mass is 10.1. The first kappa shape index (κ1) is 15.9. The van der Waals surface area contributed by atoms with Gasteiger partial charge in [0.15, 0.2) is 0 Å². The van der Waals surface area contributed by atoms with E-state index in [1.807, 2.05) is 0 Å². The number of hydrogen-bond acceptors (Lipinski definition) is 2. The molecule has 0 aliphatic rings. The van der Waals surface area contributed by atoms with Crippen LogP contribution in [0, 0.1) is 0 Å². The molecule has 0 aromatic carbocycles. The predicted molar refractivity (Wildman–Crippen MR) is 73.8 cm³/mol. The third-order valence-corrected chi connectivity index (χ3v) is 3.01. The standard InChI is InChI=1S/C14H32N2/c1-2-3-4-5-7-10-13-16-14-11-8-6-9-12-15/h16H,2-15H2,1H3. The normalized spacial score (nSPS) is 10.9. The number of rotatable bonds is 13. The summed E-state index contributed by atoms with van der Waals surface area (Å²) in [7, 11) is 0. The quantitative estimate of drug-likeness (QED) is 0.474. The molecule has 0 saturated heterocycles. The molecule has 0 radical (unpaired) electrons. The molecule has 2 heteroatoms. The van der Waals surface area contributed by atoms with Crippen LogP contribution in [0.1, 0.15) is 71.1 Å². The van der Waals surface area contributed by atoms with E-state index in [1.54, 1.807) is 0 Å². The van der Waals surface area contributed by atoms with Crippen LogP contribution in [0.25, 0.3) is 0 Å². The Kier molecular flexibility index (Phi) is 14.8. The van der Waals surface area contributed by atoms with Crippen molar-refractivity contribution in [2.75, 3.05) is 19.6 Å². The van der Waals surface area contributed by atoms with Crippen LogP contribution in [0.5, 0.6) is 0 Å². The highest BCUT2D eigenvalue weighted by Gasteiger charge is 1.91. The Morgan fingerprint density at radius 2 is 1.19 bits per heavy atom. The van der Waals surface area contributed by atoms with Crippen molar-refractivity contribution in [3.05, 3.63) is 0 Å². The van der Waals surface area contributed by atoms with Crippen LogP contribution in [-0.4, -0.2) is 19.6 Å². The van der Waals surface area contributed by atoms with Gasteiger partial charge < -0.3 is 11.1 Å². The molecule has 0 aliphatic heterocycles. The second-order valence-corrected chi connectivity index (χ2v) is 4.72. The summed E-state index contributed by atoms with van der Waals surface area (Å²) in [6.07, 6.45) is 13.5. The van der Waals surface area contributed by atoms with Crippen LogP contribution in [0.3, 0.4) is 0 Å². The second kappa shape index (κ2) is 14.9. The van der Waals surface area contributed by atoms with Crippen molar-refractivity contribution in [3.8, 4) is 0 Å². The lowest BCUT2D eigenvalue weighted by Gasteiger charge is -2.04. The molecule has 2 nitrogen and oxygen atoms in total. The molecule has 0 amide bonds. The van der Waals surface area contributed by atoms with Gasteiger partial charge in [0.1, 0.15) is 0 Å². The first-order chi connectivity index (χ1) is 7.91. The molecular weight excluding hydrogens is 196 g/mol. The fraction of sp³-hybridized carbons (Fsp3) is 1.00. The van der Waals surface area contributed by atoms with E-state index in [4.69, 9.17) is 5.73 Å². The fourth-order valence-electron chi connectivity index (χ4n) is 1.90. The molecule has 0 spiro atoms. The van der Waals surface area contributed by atoms with Crippen LogP contribution in [0.2, 0.25) is 0 Å². The van der Waals surface area contributed by atoms with Crippen LogP contribution < -0.4 is 11.1 Å². The third-order valence-electron chi connectivity index (χ3n) is 3.01. The molecule has 0 saturated carbocycles. The molecule has 0 aliphatic carbocycles. The lowest BCUT2D eigenvalue weighted by molar-refractivity contribution is 0.549. The van der Waals surface area contributed by atoms with Gasteiger partial charge in [-0.2, -0.15) is 0 Å². The van der Waals surface area contributed by atoms with E-state index in [0.717, 1.165) is 6.54 Å². The molecule has 0 bridgehead atoms. The molecule has 3 N–H and O–H groups in total. The summed E-state index contributed by atoms with van der Waals surface area (Å²) >= 11 is 0. The molecule has 0 unspecified atom stereocenters. The van der Waals surface area contributed by atoms with Crippen LogP contribution in [0.4, 0.5) is 0 Å². The number of nitrogens with two attached hydrogens (primary N) is 1. The molecule has 0 aromatic heterocycles. The van der Waals surface area contributed by atoms with Crippen molar-refractivity contribution in [2.45, 2.75) is 71.1 Å². The highest BCUT2D eigenvalue weighted by atomic mass is 14.8. The Morgan fingerprint density at radius 1 is 0.688 bits per heavy atom. The van der Waals surface area contributed by atoms with E-state index in [2.05, 4.69) is 12.2 Å². The Labute approximate surface area is 102 Å². The van der Waals surface area contributed by atoms with E-state index >= 15 is 0 Å². The van der Waals surface area contributed by atoms with Crippen molar-refractivity contribution >= 4 is 0 Å². The van der Waals surface area contributed by atoms with Gasteiger partial charge in [0, 0.05) is 0 Å². The van der Waals surface area contributed by atoms with E-state index in [-0.39, 0.29) is 0 Å². The summed E-state index contributed by atoms with van der Waals surface area (Å²) in [5.74, 6) is 0.